The van der Waals surface area contributed by atoms with E-state index in [4.69, 9.17) is 0 Å². The molecular weight excluding hydrogens is 376 g/mol. The Labute approximate surface area is 158 Å². The van der Waals surface area contributed by atoms with Gasteiger partial charge in [-0.3, -0.25) is 4.79 Å². The molecule has 0 radical (unpaired) electrons. The van der Waals surface area contributed by atoms with Gasteiger partial charge in [0.05, 0.1) is 17.9 Å². The topological polar surface area (TPSA) is 54.1 Å². The largest absolute Gasteiger partial charge is 0.488 e. The molecule has 0 aliphatic carbocycles. The van der Waals surface area contributed by atoms with Crippen molar-refractivity contribution < 1.29 is 27.1 Å². The summed E-state index contributed by atoms with van der Waals surface area (Å²) in [4.78, 5) is 15.2. The Kier molecular flexibility index (Phi) is 5.06. The van der Waals surface area contributed by atoms with E-state index in [1.54, 1.807) is 6.92 Å². The lowest BCUT2D eigenvalue weighted by Gasteiger charge is -2.14. The van der Waals surface area contributed by atoms with Gasteiger partial charge in [-0.1, -0.05) is 0 Å². The van der Waals surface area contributed by atoms with E-state index in [-0.39, 0.29) is 23.5 Å². The minimum atomic E-state index is -1.65. The van der Waals surface area contributed by atoms with Gasteiger partial charge >= 0.3 is 0 Å². The maximum absolute atomic E-state index is 14.7. The van der Waals surface area contributed by atoms with Crippen molar-refractivity contribution in [3.63, 3.8) is 0 Å². The number of carbonyl (C=O) groups excluding carboxylic acids is 1. The van der Waals surface area contributed by atoms with E-state index in [9.17, 15) is 22.4 Å². The van der Waals surface area contributed by atoms with Gasteiger partial charge in [-0.25, -0.2) is 8.78 Å². The molecule has 8 heteroatoms. The van der Waals surface area contributed by atoms with E-state index in [2.05, 4.69) is 15.0 Å². The second kappa shape index (κ2) is 7.18. The number of ether oxygens (including phenoxy) is 1. The van der Waals surface area contributed by atoms with E-state index in [0.717, 1.165) is 11.3 Å². The minimum absolute atomic E-state index is 0.0354. The van der Waals surface area contributed by atoms with Gasteiger partial charge in [0.2, 0.25) is 11.6 Å². The number of benzene rings is 1. The number of aromatic amines is 1. The van der Waals surface area contributed by atoms with Crippen LogP contribution in [0.1, 0.15) is 36.4 Å². The quantitative estimate of drug-likeness (QED) is 0.591. The van der Waals surface area contributed by atoms with E-state index < -0.39 is 40.5 Å². The van der Waals surface area contributed by atoms with Crippen molar-refractivity contribution in [2.75, 3.05) is 6.61 Å². The molecule has 4 nitrogen and oxygen atoms in total. The van der Waals surface area contributed by atoms with Crippen LogP contribution in [0.25, 0.3) is 11.6 Å². The predicted octanol–water partition coefficient (Wildman–Crippen LogP) is 4.53. The van der Waals surface area contributed by atoms with E-state index in [0.29, 0.717) is 5.69 Å². The van der Waals surface area contributed by atoms with Crippen LogP contribution in [0.15, 0.2) is 17.3 Å². The second-order valence-electron chi connectivity index (χ2n) is 6.45. The summed E-state index contributed by atoms with van der Waals surface area (Å²) in [5, 5.41) is 2.49. The molecule has 1 aliphatic heterocycles. The van der Waals surface area contributed by atoms with Crippen LogP contribution < -0.4 is 10.1 Å². The molecule has 2 aromatic rings. The normalized spacial score (nSPS) is 15.6. The summed E-state index contributed by atoms with van der Waals surface area (Å²) in [6, 6.07) is 1.84. The summed E-state index contributed by atoms with van der Waals surface area (Å²) in [5.74, 6) is -8.30. The highest BCUT2D eigenvalue weighted by atomic mass is 19.2. The molecule has 3 rings (SSSR count). The Morgan fingerprint density at radius 1 is 1.04 bits per heavy atom. The number of hydrogen-bond acceptors (Lipinski definition) is 2. The van der Waals surface area contributed by atoms with Crippen molar-refractivity contribution >= 4 is 17.6 Å². The Bertz CT molecular complexity index is 1020. The number of amides is 1. The number of rotatable bonds is 4. The molecule has 0 saturated heterocycles. The molecule has 0 atom stereocenters. The fourth-order valence-corrected chi connectivity index (χ4v) is 3.17. The number of nitrogens with one attached hydrogen (secondary N) is 2. The molecule has 0 saturated carbocycles. The first kappa shape index (κ1) is 19.7. The van der Waals surface area contributed by atoms with Crippen molar-refractivity contribution in [3.05, 3.63) is 63.1 Å². The number of aryl methyl sites for hydroxylation is 2. The smallest absolute Gasteiger partial charge is 0.252 e. The van der Waals surface area contributed by atoms with Crippen molar-refractivity contribution in [1.29, 1.82) is 0 Å². The fourth-order valence-electron chi connectivity index (χ4n) is 3.17. The lowest BCUT2D eigenvalue weighted by Crippen LogP contribution is -2.15. The zero-order chi connectivity index (χ0) is 20.7. The molecule has 1 aromatic carbocycles. The van der Waals surface area contributed by atoms with E-state index in [1.165, 1.54) is 19.9 Å². The summed E-state index contributed by atoms with van der Waals surface area (Å²) < 4.78 is 62.8. The molecule has 0 bridgehead atoms. The fraction of sp³-hybridized carbons (Fsp3) is 0.250. The third-order valence-corrected chi connectivity index (χ3v) is 4.47. The lowest BCUT2D eigenvalue weighted by molar-refractivity contribution is -0.116. The van der Waals surface area contributed by atoms with Gasteiger partial charge in [-0.05, 0) is 45.4 Å². The Morgan fingerprint density at radius 2 is 1.64 bits per heavy atom. The van der Waals surface area contributed by atoms with Crippen molar-refractivity contribution in [2.24, 2.45) is 0 Å². The number of hydrogen-bond donors (Lipinski definition) is 2. The molecule has 1 amide bonds. The molecule has 2 N–H and O–H groups in total. The first-order chi connectivity index (χ1) is 13.2. The number of allylic oxidation sites excluding steroid dienone is 1. The van der Waals surface area contributed by atoms with Crippen LogP contribution in [0.5, 0.6) is 5.75 Å². The highest BCUT2D eigenvalue weighted by molar-refractivity contribution is 6.12. The third kappa shape index (κ3) is 3.08. The standard InChI is InChI=1S/C20H18F4N2O2/c1-5-28-19-17(23)15(21)14(16(22)18(19)24)13-10(4)20(27)26-12(13)7-11-8(2)6-9(3)25-11/h6-7,25H,5H2,1-4H3,(H,26,27)/b12-7-. The van der Waals surface area contributed by atoms with Crippen LogP contribution in [-0.2, 0) is 4.79 Å². The van der Waals surface area contributed by atoms with Crippen molar-refractivity contribution in [3.8, 4) is 5.75 Å². The van der Waals surface area contributed by atoms with Gasteiger partial charge in [-0.15, -0.1) is 0 Å². The molecule has 148 valence electrons. The van der Waals surface area contributed by atoms with E-state index >= 15 is 0 Å². The Hall–Kier alpha value is -3.03. The second-order valence-corrected chi connectivity index (χ2v) is 6.45. The first-order valence-corrected chi connectivity index (χ1v) is 8.56. The van der Waals surface area contributed by atoms with Crippen molar-refractivity contribution in [2.45, 2.75) is 27.7 Å². The molecule has 2 heterocycles. The first-order valence-electron chi connectivity index (χ1n) is 8.56. The van der Waals surface area contributed by atoms with Crippen LogP contribution >= 0.6 is 0 Å². The molecule has 1 aliphatic rings. The van der Waals surface area contributed by atoms with Gasteiger partial charge in [0.15, 0.2) is 17.4 Å². The zero-order valence-corrected chi connectivity index (χ0v) is 15.7. The summed E-state index contributed by atoms with van der Waals surface area (Å²) >= 11 is 0. The number of aromatic nitrogens is 1. The molecule has 0 fully saturated rings. The van der Waals surface area contributed by atoms with Crippen LogP contribution in [-0.4, -0.2) is 17.5 Å². The zero-order valence-electron chi connectivity index (χ0n) is 15.7. The average molecular weight is 394 g/mol. The Morgan fingerprint density at radius 3 is 2.14 bits per heavy atom. The predicted molar refractivity (Wildman–Crippen MR) is 96.4 cm³/mol. The Balaban J connectivity index is 2.26. The van der Waals surface area contributed by atoms with Crippen LogP contribution in [0.4, 0.5) is 17.6 Å². The summed E-state index contributed by atoms with van der Waals surface area (Å²) in [6.07, 6.45) is 1.47. The van der Waals surface area contributed by atoms with E-state index in [1.807, 2.05) is 13.0 Å². The summed E-state index contributed by atoms with van der Waals surface area (Å²) in [7, 11) is 0. The van der Waals surface area contributed by atoms with Crippen molar-refractivity contribution in [1.82, 2.24) is 10.3 Å². The molecular formula is C20H18F4N2O2. The SMILES string of the molecule is CCOc1c(F)c(F)c(C2=C(C)C(=O)N/C2=C\c2[nH]c(C)cc2C)c(F)c1F. The molecule has 1 aromatic heterocycles. The van der Waals surface area contributed by atoms with Crippen LogP contribution in [0.2, 0.25) is 0 Å². The van der Waals surface area contributed by atoms with Crippen LogP contribution in [0, 0.1) is 37.1 Å². The molecule has 0 unspecified atom stereocenters. The third-order valence-electron chi connectivity index (χ3n) is 4.47. The minimum Gasteiger partial charge on any atom is -0.488 e. The number of halogens is 4. The summed E-state index contributed by atoms with van der Waals surface area (Å²) in [6.45, 7) is 6.20. The lowest BCUT2D eigenvalue weighted by atomic mass is 9.97. The maximum atomic E-state index is 14.7. The van der Waals surface area contributed by atoms with Gasteiger partial charge in [0.25, 0.3) is 5.91 Å². The van der Waals surface area contributed by atoms with Gasteiger partial charge in [0.1, 0.15) is 0 Å². The number of carbonyl (C=O) groups is 1. The highest BCUT2D eigenvalue weighted by Crippen LogP contribution is 2.39. The summed E-state index contributed by atoms with van der Waals surface area (Å²) in [5.41, 5.74) is 1.03. The average Bonchev–Trinajstić information content (AvgIpc) is 3.09. The van der Waals surface area contributed by atoms with Gasteiger partial charge < -0.3 is 15.0 Å². The van der Waals surface area contributed by atoms with Crippen LogP contribution in [0.3, 0.4) is 0 Å². The highest BCUT2D eigenvalue weighted by Gasteiger charge is 2.34. The maximum Gasteiger partial charge on any atom is 0.252 e. The van der Waals surface area contributed by atoms with Gasteiger partial charge in [0, 0.05) is 22.5 Å². The molecule has 0 spiro atoms. The van der Waals surface area contributed by atoms with Gasteiger partial charge in [-0.2, -0.15) is 8.78 Å². The monoisotopic (exact) mass is 394 g/mol. The molecule has 28 heavy (non-hydrogen) atoms. The number of H-pyrrole nitrogens is 1.